The molecule has 0 aliphatic carbocycles. The largest absolute Gasteiger partial charge is 0.330 e. The molecular weight excluding hydrogens is 280 g/mol. The Balaban J connectivity index is 2.80. The molecule has 0 bridgehead atoms. The molecule has 1 aromatic carbocycles. The van der Waals surface area contributed by atoms with Crippen LogP contribution in [0.2, 0.25) is 0 Å². The number of hydrogen-bond acceptors (Lipinski definition) is 4. The van der Waals surface area contributed by atoms with Crippen LogP contribution in [0.1, 0.15) is 5.56 Å². The molecule has 0 heterocycles. The van der Waals surface area contributed by atoms with Gasteiger partial charge in [-0.05, 0) is 21.5 Å². The first-order valence-electron chi connectivity index (χ1n) is 4.36. The Morgan fingerprint density at radius 3 is 2.87 bits per heavy atom. The Bertz CT molecular complexity index is 360. The summed E-state index contributed by atoms with van der Waals surface area (Å²) < 4.78 is 0.569. The van der Waals surface area contributed by atoms with Gasteiger partial charge in [0.15, 0.2) is 0 Å². The predicted octanol–water partition coefficient (Wildman–Crippen LogP) is 2.55. The summed E-state index contributed by atoms with van der Waals surface area (Å²) in [5, 5.41) is 10.7. The summed E-state index contributed by atoms with van der Waals surface area (Å²) in [6.07, 6.45) is 0. The summed E-state index contributed by atoms with van der Waals surface area (Å²) in [4.78, 5) is 10.3. The zero-order valence-corrected chi connectivity index (χ0v) is 10.4. The molecule has 0 spiro atoms. The smallest absolute Gasteiger partial charge is 0.283 e. The van der Waals surface area contributed by atoms with Gasteiger partial charge in [0, 0.05) is 24.1 Å². The van der Waals surface area contributed by atoms with E-state index in [1.54, 1.807) is 17.8 Å². The topological polar surface area (TPSA) is 69.2 Å². The molecule has 82 valence electrons. The van der Waals surface area contributed by atoms with Gasteiger partial charge in [-0.2, -0.15) is 11.8 Å². The molecule has 0 aliphatic heterocycles. The summed E-state index contributed by atoms with van der Waals surface area (Å²) in [5.74, 6) is 1.59. The Hall–Kier alpha value is -0.590. The minimum Gasteiger partial charge on any atom is -0.330 e. The normalized spacial score (nSPS) is 10.3. The molecule has 1 rings (SSSR count). The van der Waals surface area contributed by atoms with Crippen LogP contribution < -0.4 is 5.73 Å². The molecule has 4 nitrogen and oxygen atoms in total. The Kier molecular flexibility index (Phi) is 5.07. The van der Waals surface area contributed by atoms with Crippen molar-refractivity contribution < 1.29 is 4.92 Å². The van der Waals surface area contributed by atoms with Crippen molar-refractivity contribution in [2.45, 2.75) is 5.75 Å². The molecule has 0 atom stereocenters. The van der Waals surface area contributed by atoms with Crippen molar-refractivity contribution in [2.75, 3.05) is 12.3 Å². The van der Waals surface area contributed by atoms with Gasteiger partial charge in [0.25, 0.3) is 5.69 Å². The van der Waals surface area contributed by atoms with Crippen LogP contribution in [0.4, 0.5) is 5.69 Å². The minimum atomic E-state index is -0.388. The number of nitro groups is 1. The molecule has 0 saturated heterocycles. The van der Waals surface area contributed by atoms with Gasteiger partial charge in [0.1, 0.15) is 0 Å². The maximum Gasteiger partial charge on any atom is 0.283 e. The average Bonchev–Trinajstić information content (AvgIpc) is 2.20. The highest BCUT2D eigenvalue weighted by molar-refractivity contribution is 9.10. The molecule has 0 amide bonds. The first-order valence-corrected chi connectivity index (χ1v) is 6.31. The quantitative estimate of drug-likeness (QED) is 0.514. The van der Waals surface area contributed by atoms with Crippen LogP contribution in [0.5, 0.6) is 0 Å². The number of nitrogens with zero attached hydrogens (tertiary/aromatic N) is 1. The second kappa shape index (κ2) is 6.09. The van der Waals surface area contributed by atoms with Gasteiger partial charge in [-0.25, -0.2) is 0 Å². The second-order valence-corrected chi connectivity index (χ2v) is 4.75. The minimum absolute atomic E-state index is 0.112. The first kappa shape index (κ1) is 12.5. The fourth-order valence-corrected chi connectivity index (χ4v) is 2.59. The van der Waals surface area contributed by atoms with Crippen molar-refractivity contribution in [3.05, 3.63) is 38.3 Å². The number of hydrogen-bond donors (Lipinski definition) is 1. The Morgan fingerprint density at radius 2 is 2.27 bits per heavy atom. The SMILES string of the molecule is NCCSCc1cccc([N+](=O)[O-])c1Br. The fraction of sp³-hybridized carbons (Fsp3) is 0.333. The van der Waals surface area contributed by atoms with E-state index in [1.807, 2.05) is 6.07 Å². The van der Waals surface area contributed by atoms with Gasteiger partial charge in [-0.15, -0.1) is 0 Å². The monoisotopic (exact) mass is 290 g/mol. The number of nitrogens with two attached hydrogens (primary N) is 1. The molecule has 6 heteroatoms. The summed E-state index contributed by atoms with van der Waals surface area (Å²) in [5.41, 5.74) is 6.41. The molecule has 1 aromatic rings. The molecule has 15 heavy (non-hydrogen) atoms. The maximum absolute atomic E-state index is 10.7. The molecule has 0 fully saturated rings. The lowest BCUT2D eigenvalue weighted by atomic mass is 10.2. The van der Waals surface area contributed by atoms with Crippen molar-refractivity contribution in [3.63, 3.8) is 0 Å². The second-order valence-electron chi connectivity index (χ2n) is 2.85. The first-order chi connectivity index (χ1) is 7.16. The number of halogens is 1. The van der Waals surface area contributed by atoms with E-state index in [0.29, 0.717) is 11.0 Å². The standard InChI is InChI=1S/C9H11BrN2O2S/c10-9-7(6-15-5-4-11)2-1-3-8(9)12(13)14/h1-3H,4-6,11H2. The van der Waals surface area contributed by atoms with E-state index in [9.17, 15) is 10.1 Å². The fourth-order valence-electron chi connectivity index (χ4n) is 1.08. The molecule has 0 unspecified atom stereocenters. The van der Waals surface area contributed by atoms with Crippen molar-refractivity contribution in [2.24, 2.45) is 5.73 Å². The number of rotatable bonds is 5. The Morgan fingerprint density at radius 1 is 1.53 bits per heavy atom. The van der Waals surface area contributed by atoms with Crippen LogP contribution in [0.15, 0.2) is 22.7 Å². The van der Waals surface area contributed by atoms with Gasteiger partial charge >= 0.3 is 0 Å². The molecule has 0 aliphatic rings. The van der Waals surface area contributed by atoms with E-state index >= 15 is 0 Å². The number of benzene rings is 1. The third-order valence-electron chi connectivity index (χ3n) is 1.77. The van der Waals surface area contributed by atoms with Gasteiger partial charge in [0.2, 0.25) is 0 Å². The molecule has 0 aromatic heterocycles. The van der Waals surface area contributed by atoms with Gasteiger partial charge in [-0.1, -0.05) is 12.1 Å². The van der Waals surface area contributed by atoms with E-state index in [-0.39, 0.29) is 10.6 Å². The van der Waals surface area contributed by atoms with Crippen LogP contribution in [-0.2, 0) is 5.75 Å². The van der Waals surface area contributed by atoms with E-state index in [2.05, 4.69) is 15.9 Å². The van der Waals surface area contributed by atoms with Gasteiger partial charge in [-0.3, -0.25) is 10.1 Å². The maximum atomic E-state index is 10.7. The molecular formula is C9H11BrN2O2S. The molecule has 2 N–H and O–H groups in total. The zero-order valence-electron chi connectivity index (χ0n) is 7.98. The van der Waals surface area contributed by atoms with Crippen molar-refractivity contribution in [1.82, 2.24) is 0 Å². The van der Waals surface area contributed by atoms with Crippen LogP contribution in [-0.4, -0.2) is 17.2 Å². The highest BCUT2D eigenvalue weighted by Gasteiger charge is 2.14. The summed E-state index contributed by atoms with van der Waals surface area (Å²) >= 11 is 4.91. The predicted molar refractivity (Wildman–Crippen MR) is 66.0 cm³/mol. The highest BCUT2D eigenvalue weighted by Crippen LogP contribution is 2.30. The van der Waals surface area contributed by atoms with E-state index in [1.165, 1.54) is 6.07 Å². The van der Waals surface area contributed by atoms with Crippen molar-refractivity contribution >= 4 is 33.4 Å². The van der Waals surface area contributed by atoms with Crippen LogP contribution >= 0.6 is 27.7 Å². The molecule has 0 radical (unpaired) electrons. The lowest BCUT2D eigenvalue weighted by Gasteiger charge is -2.03. The van der Waals surface area contributed by atoms with E-state index in [4.69, 9.17) is 5.73 Å². The highest BCUT2D eigenvalue weighted by atomic mass is 79.9. The lowest BCUT2D eigenvalue weighted by Crippen LogP contribution is -2.01. The van der Waals surface area contributed by atoms with Crippen LogP contribution in [0.25, 0.3) is 0 Å². The van der Waals surface area contributed by atoms with Gasteiger partial charge in [0.05, 0.1) is 9.40 Å². The van der Waals surface area contributed by atoms with E-state index < -0.39 is 0 Å². The van der Waals surface area contributed by atoms with Crippen LogP contribution in [0.3, 0.4) is 0 Å². The van der Waals surface area contributed by atoms with Crippen molar-refractivity contribution in [3.8, 4) is 0 Å². The zero-order chi connectivity index (χ0) is 11.3. The average molecular weight is 291 g/mol. The molecule has 0 saturated carbocycles. The third-order valence-corrected chi connectivity index (χ3v) is 3.73. The van der Waals surface area contributed by atoms with E-state index in [0.717, 1.165) is 17.1 Å². The van der Waals surface area contributed by atoms with Gasteiger partial charge < -0.3 is 5.73 Å². The van der Waals surface area contributed by atoms with Crippen molar-refractivity contribution in [1.29, 1.82) is 0 Å². The lowest BCUT2D eigenvalue weighted by molar-refractivity contribution is -0.385. The number of nitro benzene ring substituents is 1. The summed E-state index contributed by atoms with van der Waals surface area (Å²) in [6, 6.07) is 5.06. The number of thioether (sulfide) groups is 1. The van der Waals surface area contributed by atoms with Crippen LogP contribution in [0, 0.1) is 10.1 Å². The summed E-state index contributed by atoms with van der Waals surface area (Å²) in [6.45, 7) is 0.622. The third kappa shape index (κ3) is 3.48. The Labute approximate surface area is 101 Å². The summed E-state index contributed by atoms with van der Waals surface area (Å²) in [7, 11) is 0.